The van der Waals surface area contributed by atoms with Gasteiger partial charge in [0.15, 0.2) is 0 Å². The Morgan fingerprint density at radius 3 is 3.00 bits per heavy atom. The summed E-state index contributed by atoms with van der Waals surface area (Å²) >= 11 is -2.17. The van der Waals surface area contributed by atoms with Crippen LogP contribution in [0.5, 0.6) is 0 Å². The number of benzene rings is 1. The Bertz CT molecular complexity index is 775. The molecule has 1 aromatic heterocycles. The number of para-hydroxylation sites is 2. The van der Waals surface area contributed by atoms with E-state index in [0.717, 1.165) is 50.3 Å². The second-order valence-electron chi connectivity index (χ2n) is 6.68. The summed E-state index contributed by atoms with van der Waals surface area (Å²) in [6.07, 6.45) is 5.85. The van der Waals surface area contributed by atoms with Crippen molar-refractivity contribution in [1.29, 1.82) is 0 Å². The Morgan fingerprint density at radius 1 is 1.33 bits per heavy atom. The average Bonchev–Trinajstić information content (AvgIpc) is 2.67. The minimum atomic E-state index is -2.17. The highest BCUT2D eigenvalue weighted by Gasteiger charge is 2.21. The van der Waals surface area contributed by atoms with Gasteiger partial charge in [0.1, 0.15) is 5.82 Å². The number of hydrogen-bond acceptors (Lipinski definition) is 7. The first-order valence-electron chi connectivity index (χ1n) is 9.14. The summed E-state index contributed by atoms with van der Waals surface area (Å²) in [5.74, 6) is 1.96. The monoisotopic (exact) mass is 389 g/mol. The van der Waals surface area contributed by atoms with E-state index in [-0.39, 0.29) is 0 Å². The summed E-state index contributed by atoms with van der Waals surface area (Å²) in [5.41, 5.74) is 7.41. The van der Waals surface area contributed by atoms with E-state index >= 15 is 0 Å². The van der Waals surface area contributed by atoms with E-state index in [1.807, 2.05) is 30.3 Å². The number of aromatic nitrogens is 2. The number of nitrogens with zero attached hydrogens (tertiary/aromatic N) is 3. The van der Waals surface area contributed by atoms with E-state index in [1.54, 1.807) is 6.20 Å². The molecule has 4 N–H and O–H groups in total. The average molecular weight is 390 g/mol. The molecule has 2 heterocycles. The molecule has 146 valence electrons. The highest BCUT2D eigenvalue weighted by molar-refractivity contribution is 7.77. The van der Waals surface area contributed by atoms with E-state index in [4.69, 9.17) is 5.73 Å². The molecule has 0 bridgehead atoms. The number of piperidine rings is 1. The van der Waals surface area contributed by atoms with Gasteiger partial charge in [-0.05, 0) is 49.8 Å². The van der Waals surface area contributed by atoms with E-state index in [2.05, 4.69) is 24.9 Å². The number of anilines is 4. The maximum absolute atomic E-state index is 10.5. The van der Waals surface area contributed by atoms with Crippen molar-refractivity contribution in [3.63, 3.8) is 0 Å². The van der Waals surface area contributed by atoms with Crippen LogP contribution in [0.2, 0.25) is 0 Å². The topological polar surface area (TPSA) is 119 Å². The van der Waals surface area contributed by atoms with Gasteiger partial charge in [0.2, 0.25) is 5.95 Å². The van der Waals surface area contributed by atoms with Crippen molar-refractivity contribution in [2.45, 2.75) is 25.7 Å². The standard InChI is InChI=1S/C18H26N6O2S/c19-15-7-1-2-8-16(15)22-18-20-11-9-17(23-18)24-12-4-6-14(13-24)5-3-10-21-27(25)26/h1-2,7-9,11,14,21H,3-6,10,12-13,19H2,(H,25,26)(H,20,22,23)/p-1. The fraction of sp³-hybridized carbons (Fsp3) is 0.444. The summed E-state index contributed by atoms with van der Waals surface area (Å²) in [5, 5.41) is 3.17. The fourth-order valence-corrected chi connectivity index (χ4v) is 3.68. The molecule has 1 aliphatic heterocycles. The number of rotatable bonds is 8. The predicted molar refractivity (Wildman–Crippen MR) is 107 cm³/mol. The molecule has 8 nitrogen and oxygen atoms in total. The quantitative estimate of drug-likeness (QED) is 0.360. The van der Waals surface area contributed by atoms with Crippen molar-refractivity contribution >= 4 is 34.4 Å². The summed E-state index contributed by atoms with van der Waals surface area (Å²) in [6, 6.07) is 9.44. The Kier molecular flexibility index (Phi) is 6.97. The highest BCUT2D eigenvalue weighted by Crippen LogP contribution is 2.26. The molecule has 2 unspecified atom stereocenters. The van der Waals surface area contributed by atoms with Gasteiger partial charge in [0.25, 0.3) is 0 Å². The molecule has 1 aromatic carbocycles. The van der Waals surface area contributed by atoms with Gasteiger partial charge in [-0.3, -0.25) is 4.21 Å². The van der Waals surface area contributed by atoms with Crippen LogP contribution in [0.4, 0.5) is 23.1 Å². The second kappa shape index (κ2) is 9.63. The second-order valence-corrected chi connectivity index (χ2v) is 7.43. The lowest BCUT2D eigenvalue weighted by Crippen LogP contribution is -2.36. The van der Waals surface area contributed by atoms with Crippen LogP contribution in [-0.2, 0) is 11.3 Å². The molecule has 2 atom stereocenters. The maximum Gasteiger partial charge on any atom is 0.229 e. The fourth-order valence-electron chi connectivity index (χ4n) is 3.37. The van der Waals surface area contributed by atoms with E-state index in [9.17, 15) is 8.76 Å². The Labute approximate surface area is 162 Å². The summed E-state index contributed by atoms with van der Waals surface area (Å²) < 4.78 is 23.5. The molecule has 27 heavy (non-hydrogen) atoms. The molecule has 1 aliphatic rings. The van der Waals surface area contributed by atoms with Crippen molar-refractivity contribution in [2.24, 2.45) is 5.92 Å². The summed E-state index contributed by atoms with van der Waals surface area (Å²) in [6.45, 7) is 2.38. The Morgan fingerprint density at radius 2 is 2.19 bits per heavy atom. The van der Waals surface area contributed by atoms with Crippen LogP contribution in [0.15, 0.2) is 36.5 Å². The number of hydrogen-bond donors (Lipinski definition) is 3. The van der Waals surface area contributed by atoms with Crippen LogP contribution >= 0.6 is 0 Å². The van der Waals surface area contributed by atoms with Gasteiger partial charge in [0, 0.05) is 37.1 Å². The van der Waals surface area contributed by atoms with Gasteiger partial charge in [-0.1, -0.05) is 12.1 Å². The number of nitrogen functional groups attached to an aromatic ring is 1. The summed E-state index contributed by atoms with van der Waals surface area (Å²) in [4.78, 5) is 11.2. The largest absolute Gasteiger partial charge is 0.760 e. The zero-order valence-corrected chi connectivity index (χ0v) is 16.0. The third-order valence-electron chi connectivity index (χ3n) is 4.70. The van der Waals surface area contributed by atoms with Gasteiger partial charge in [-0.25, -0.2) is 9.71 Å². The lowest BCUT2D eigenvalue weighted by atomic mass is 9.93. The normalized spacial score (nSPS) is 18.3. The summed E-state index contributed by atoms with van der Waals surface area (Å²) in [7, 11) is 0. The van der Waals surface area contributed by atoms with Gasteiger partial charge in [-0.15, -0.1) is 0 Å². The first kappa shape index (κ1) is 19.5. The minimum Gasteiger partial charge on any atom is -0.760 e. The van der Waals surface area contributed by atoms with E-state index in [1.165, 1.54) is 0 Å². The van der Waals surface area contributed by atoms with E-state index in [0.29, 0.717) is 24.1 Å². The van der Waals surface area contributed by atoms with Crippen molar-refractivity contribution < 1.29 is 8.76 Å². The van der Waals surface area contributed by atoms with Crippen LogP contribution in [0.3, 0.4) is 0 Å². The minimum absolute atomic E-state index is 0.493. The third-order valence-corrected chi connectivity index (χ3v) is 5.14. The van der Waals surface area contributed by atoms with Crippen LogP contribution < -0.4 is 20.7 Å². The Hall–Kier alpha value is -2.23. The van der Waals surface area contributed by atoms with Crippen LogP contribution in [0, 0.1) is 5.92 Å². The molecule has 0 aliphatic carbocycles. The van der Waals surface area contributed by atoms with Crippen LogP contribution in [0.25, 0.3) is 0 Å². The maximum atomic E-state index is 10.5. The molecule has 0 spiro atoms. The molecule has 1 saturated heterocycles. The third kappa shape index (κ3) is 5.88. The molecule has 2 aromatic rings. The van der Waals surface area contributed by atoms with Crippen molar-refractivity contribution in [3.8, 4) is 0 Å². The molecule has 9 heteroatoms. The number of nitrogens with two attached hydrogens (primary N) is 1. The molecule has 3 rings (SSSR count). The highest BCUT2D eigenvalue weighted by atomic mass is 32.2. The van der Waals surface area contributed by atoms with Crippen molar-refractivity contribution in [3.05, 3.63) is 36.5 Å². The predicted octanol–water partition coefficient (Wildman–Crippen LogP) is 2.18. The zero-order chi connectivity index (χ0) is 19.1. The van der Waals surface area contributed by atoms with E-state index < -0.39 is 11.3 Å². The molecule has 0 amide bonds. The SMILES string of the molecule is Nc1ccccc1Nc1nccc(N2CCCC(CCCNS(=O)[O-])C2)n1. The number of nitrogens with one attached hydrogen (secondary N) is 2. The van der Waals surface area contributed by atoms with Gasteiger partial charge in [0.05, 0.1) is 11.4 Å². The van der Waals surface area contributed by atoms with Gasteiger partial charge >= 0.3 is 0 Å². The molecule has 1 fully saturated rings. The lowest BCUT2D eigenvalue weighted by Gasteiger charge is -2.33. The van der Waals surface area contributed by atoms with Crippen molar-refractivity contribution in [2.75, 3.05) is 35.6 Å². The molecular formula is C18H25N6O2S-. The first-order chi connectivity index (χ1) is 13.1. The van der Waals surface area contributed by atoms with Crippen molar-refractivity contribution in [1.82, 2.24) is 14.7 Å². The van der Waals surface area contributed by atoms with Gasteiger partial charge in [-0.2, -0.15) is 4.98 Å². The smallest absolute Gasteiger partial charge is 0.229 e. The zero-order valence-electron chi connectivity index (χ0n) is 15.1. The van der Waals surface area contributed by atoms with Crippen LogP contribution in [0.1, 0.15) is 25.7 Å². The van der Waals surface area contributed by atoms with Crippen LogP contribution in [-0.4, -0.2) is 38.4 Å². The van der Waals surface area contributed by atoms with Gasteiger partial charge < -0.3 is 20.5 Å². The first-order valence-corrected chi connectivity index (χ1v) is 10.2. The molecule has 0 saturated carbocycles. The molecular weight excluding hydrogens is 364 g/mol. The Balaban J connectivity index is 1.59. The molecule has 0 radical (unpaired) electrons. The lowest BCUT2D eigenvalue weighted by molar-refractivity contribution is 0.380.